The molecule has 0 saturated heterocycles. The molecule has 27 heavy (non-hydrogen) atoms. The van der Waals surface area contributed by atoms with Crippen LogP contribution in [-0.4, -0.2) is 32.2 Å². The molecule has 1 saturated carbocycles. The summed E-state index contributed by atoms with van der Waals surface area (Å²) in [5.41, 5.74) is 1.55. The van der Waals surface area contributed by atoms with Gasteiger partial charge in [-0.3, -0.25) is 9.89 Å². The number of benzene rings is 1. The Balaban J connectivity index is 1.24. The second-order valence-corrected chi connectivity index (χ2v) is 8.28. The van der Waals surface area contributed by atoms with Gasteiger partial charge in [0.2, 0.25) is 11.8 Å². The molecule has 0 aliphatic heterocycles. The van der Waals surface area contributed by atoms with E-state index in [2.05, 4.69) is 38.0 Å². The zero-order chi connectivity index (χ0) is 18.4. The lowest BCUT2D eigenvalue weighted by molar-refractivity contribution is -0.115. The third-order valence-corrected chi connectivity index (χ3v) is 6.29. The van der Waals surface area contributed by atoms with E-state index in [9.17, 15) is 9.90 Å². The third kappa shape index (κ3) is 3.16. The average Bonchev–Trinajstić information content (AvgIpc) is 3.40. The predicted octanol–water partition coefficient (Wildman–Crippen LogP) is 3.28. The van der Waals surface area contributed by atoms with Crippen molar-refractivity contribution in [1.29, 1.82) is 0 Å². The van der Waals surface area contributed by atoms with E-state index in [0.717, 1.165) is 17.3 Å². The van der Waals surface area contributed by atoms with Gasteiger partial charge in [0, 0.05) is 17.1 Å². The Morgan fingerprint density at radius 1 is 1.33 bits per heavy atom. The number of aromatic hydroxyl groups is 1. The van der Waals surface area contributed by atoms with Crippen molar-refractivity contribution in [3.8, 4) is 5.88 Å². The SMILES string of the molecule is O=C(Cc1sc(NC2CC3C=CC2C3)nc1O)Nc1ccc2cn[nH]c2c1. The molecular formula is C19H19N5O2S. The first kappa shape index (κ1) is 16.3. The summed E-state index contributed by atoms with van der Waals surface area (Å²) in [4.78, 5) is 17.1. The molecule has 2 heterocycles. The maximum atomic E-state index is 12.4. The monoisotopic (exact) mass is 381 g/mol. The van der Waals surface area contributed by atoms with Crippen molar-refractivity contribution in [2.24, 2.45) is 11.8 Å². The molecule has 2 aliphatic rings. The number of anilines is 2. The van der Waals surface area contributed by atoms with Gasteiger partial charge in [0.15, 0.2) is 5.13 Å². The van der Waals surface area contributed by atoms with Crippen LogP contribution in [0.3, 0.4) is 0 Å². The quantitative estimate of drug-likeness (QED) is 0.508. The Kier molecular flexibility index (Phi) is 3.86. The van der Waals surface area contributed by atoms with Crippen molar-refractivity contribution < 1.29 is 9.90 Å². The first-order valence-electron chi connectivity index (χ1n) is 9.00. The average molecular weight is 381 g/mol. The lowest BCUT2D eigenvalue weighted by Crippen LogP contribution is -2.23. The standard InChI is InChI=1S/C19H19N5O2S/c25-17(21-13-4-3-12-9-20-24-15(12)7-13)8-16-18(26)23-19(27-16)22-14-6-10-1-2-11(14)5-10/h1-4,7,9-11,14,26H,5-6,8H2,(H,20,24)(H,21,25)(H,22,23). The lowest BCUT2D eigenvalue weighted by Gasteiger charge is -2.18. The summed E-state index contributed by atoms with van der Waals surface area (Å²) in [6, 6.07) is 5.93. The van der Waals surface area contributed by atoms with Crippen LogP contribution in [0.4, 0.5) is 10.8 Å². The molecule has 4 N–H and O–H groups in total. The van der Waals surface area contributed by atoms with Crippen molar-refractivity contribution in [1.82, 2.24) is 15.2 Å². The second kappa shape index (κ2) is 6.38. The largest absolute Gasteiger partial charge is 0.492 e. The predicted molar refractivity (Wildman–Crippen MR) is 105 cm³/mol. The van der Waals surface area contributed by atoms with Gasteiger partial charge in [-0.25, -0.2) is 0 Å². The topological polar surface area (TPSA) is 103 Å². The molecule has 7 nitrogen and oxygen atoms in total. The minimum Gasteiger partial charge on any atom is -0.492 e. The molecule has 3 aromatic rings. The summed E-state index contributed by atoms with van der Waals surface area (Å²) in [6.07, 6.45) is 8.68. The maximum Gasteiger partial charge on any atom is 0.229 e. The highest BCUT2D eigenvalue weighted by molar-refractivity contribution is 7.16. The molecule has 0 spiro atoms. The van der Waals surface area contributed by atoms with Crippen LogP contribution in [0.15, 0.2) is 36.5 Å². The number of thiazole rings is 1. The molecule has 3 unspecified atom stereocenters. The van der Waals surface area contributed by atoms with Gasteiger partial charge in [-0.1, -0.05) is 23.5 Å². The zero-order valence-electron chi connectivity index (χ0n) is 14.5. The van der Waals surface area contributed by atoms with E-state index in [1.165, 1.54) is 17.8 Å². The summed E-state index contributed by atoms with van der Waals surface area (Å²) in [7, 11) is 0. The van der Waals surface area contributed by atoms with Crippen molar-refractivity contribution in [3.05, 3.63) is 41.4 Å². The van der Waals surface area contributed by atoms with E-state index >= 15 is 0 Å². The summed E-state index contributed by atoms with van der Waals surface area (Å²) in [5.74, 6) is 0.950. The van der Waals surface area contributed by atoms with Gasteiger partial charge in [0.25, 0.3) is 0 Å². The van der Waals surface area contributed by atoms with Crippen LogP contribution in [0.2, 0.25) is 0 Å². The number of amides is 1. The molecule has 2 aliphatic carbocycles. The van der Waals surface area contributed by atoms with Gasteiger partial charge in [0.05, 0.1) is 23.0 Å². The number of carbonyl (C=O) groups excluding carboxylic acids is 1. The van der Waals surface area contributed by atoms with E-state index in [4.69, 9.17) is 0 Å². The van der Waals surface area contributed by atoms with Gasteiger partial charge in [-0.15, -0.1) is 0 Å². The fraction of sp³-hybridized carbons (Fsp3) is 0.316. The van der Waals surface area contributed by atoms with Crippen LogP contribution < -0.4 is 10.6 Å². The van der Waals surface area contributed by atoms with E-state index in [1.54, 1.807) is 6.20 Å². The Labute approximate surface area is 159 Å². The molecule has 1 aromatic carbocycles. The third-order valence-electron chi connectivity index (χ3n) is 5.31. The molecule has 138 valence electrons. The van der Waals surface area contributed by atoms with Crippen molar-refractivity contribution in [2.75, 3.05) is 10.6 Å². The number of aromatic amines is 1. The zero-order valence-corrected chi connectivity index (χ0v) is 15.3. The highest BCUT2D eigenvalue weighted by Crippen LogP contribution is 2.41. The number of hydrogen-bond acceptors (Lipinski definition) is 6. The Hall–Kier alpha value is -2.87. The normalized spacial score (nSPS) is 23.2. The first-order valence-corrected chi connectivity index (χ1v) is 9.82. The van der Waals surface area contributed by atoms with Gasteiger partial charge >= 0.3 is 0 Å². The molecule has 5 rings (SSSR count). The molecule has 3 atom stereocenters. The Morgan fingerprint density at radius 2 is 2.26 bits per heavy atom. The summed E-state index contributed by atoms with van der Waals surface area (Å²) in [6.45, 7) is 0. The number of nitrogens with zero attached hydrogens (tertiary/aromatic N) is 2. The Morgan fingerprint density at radius 3 is 3.07 bits per heavy atom. The highest BCUT2D eigenvalue weighted by atomic mass is 32.1. The molecule has 2 bridgehead atoms. The maximum absolute atomic E-state index is 12.4. The van der Waals surface area contributed by atoms with E-state index in [0.29, 0.717) is 33.6 Å². The number of rotatable bonds is 5. The highest BCUT2D eigenvalue weighted by Gasteiger charge is 2.36. The minimum atomic E-state index is -0.192. The number of aromatic nitrogens is 3. The molecular weight excluding hydrogens is 362 g/mol. The molecule has 1 fully saturated rings. The number of carbonyl (C=O) groups is 1. The van der Waals surface area contributed by atoms with Crippen LogP contribution in [0.25, 0.3) is 10.9 Å². The number of hydrogen-bond donors (Lipinski definition) is 4. The number of fused-ring (bicyclic) bond motifs is 3. The Bertz CT molecular complexity index is 1040. The second-order valence-electron chi connectivity index (χ2n) is 7.19. The summed E-state index contributed by atoms with van der Waals surface area (Å²) >= 11 is 1.34. The van der Waals surface area contributed by atoms with E-state index in [-0.39, 0.29) is 18.2 Å². The summed E-state index contributed by atoms with van der Waals surface area (Å²) in [5, 5.41) is 24.9. The summed E-state index contributed by atoms with van der Waals surface area (Å²) < 4.78 is 0. The van der Waals surface area contributed by atoms with Gasteiger partial charge in [-0.2, -0.15) is 10.1 Å². The van der Waals surface area contributed by atoms with Crippen LogP contribution in [0.1, 0.15) is 17.7 Å². The number of H-pyrrole nitrogens is 1. The van der Waals surface area contributed by atoms with Gasteiger partial charge < -0.3 is 15.7 Å². The van der Waals surface area contributed by atoms with Crippen LogP contribution in [0.5, 0.6) is 5.88 Å². The van der Waals surface area contributed by atoms with Crippen molar-refractivity contribution >= 4 is 39.0 Å². The van der Waals surface area contributed by atoms with Crippen LogP contribution in [-0.2, 0) is 11.2 Å². The molecule has 1 amide bonds. The minimum absolute atomic E-state index is 0.0691. The van der Waals surface area contributed by atoms with E-state index in [1.807, 2.05) is 18.2 Å². The lowest BCUT2D eigenvalue weighted by atomic mass is 10.0. The molecule has 0 radical (unpaired) electrons. The first-order chi connectivity index (χ1) is 13.1. The van der Waals surface area contributed by atoms with Crippen LogP contribution >= 0.6 is 11.3 Å². The van der Waals surface area contributed by atoms with Crippen LogP contribution in [0, 0.1) is 11.8 Å². The van der Waals surface area contributed by atoms with Crippen molar-refractivity contribution in [3.63, 3.8) is 0 Å². The fourth-order valence-corrected chi connectivity index (χ4v) is 4.91. The molecule has 2 aromatic heterocycles. The van der Waals surface area contributed by atoms with Gasteiger partial charge in [-0.05, 0) is 42.9 Å². The molecule has 8 heteroatoms. The fourth-order valence-electron chi connectivity index (χ4n) is 3.99. The van der Waals surface area contributed by atoms with Crippen molar-refractivity contribution in [2.45, 2.75) is 25.3 Å². The number of nitrogens with one attached hydrogen (secondary N) is 3. The number of allylic oxidation sites excluding steroid dienone is 1. The smallest absolute Gasteiger partial charge is 0.229 e. The van der Waals surface area contributed by atoms with E-state index < -0.39 is 0 Å². The van der Waals surface area contributed by atoms with Gasteiger partial charge in [0.1, 0.15) is 0 Å².